The maximum atomic E-state index is 13.5. The van der Waals surface area contributed by atoms with Crippen molar-refractivity contribution >= 4 is 21.6 Å². The fraction of sp³-hybridized carbons (Fsp3) is 0.560. The second kappa shape index (κ2) is 8.43. The molecule has 0 bridgehead atoms. The van der Waals surface area contributed by atoms with E-state index in [4.69, 9.17) is 0 Å². The molecule has 3 aliphatic rings. The second-order valence-corrected chi connectivity index (χ2v) is 11.2. The van der Waals surface area contributed by atoms with E-state index in [1.54, 1.807) is 0 Å². The molecule has 2 aromatic heterocycles. The van der Waals surface area contributed by atoms with Gasteiger partial charge in [0.25, 0.3) is 0 Å². The number of hydrogen-bond acceptors (Lipinski definition) is 4. The number of benzene rings is 1. The molecule has 0 radical (unpaired) electrons. The molecule has 1 spiro atoms. The largest absolute Gasteiger partial charge is 0.370 e. The van der Waals surface area contributed by atoms with Crippen LogP contribution < -0.4 is 4.90 Å². The van der Waals surface area contributed by atoms with Gasteiger partial charge < -0.3 is 4.90 Å². The number of aromatic nitrogens is 5. The Kier molecular flexibility index (Phi) is 5.50. The molecule has 3 heterocycles. The molecule has 1 aromatic carbocycles. The Hall–Kier alpha value is -2.29. The molecule has 3 fully saturated rings. The molecule has 1 saturated heterocycles. The highest BCUT2D eigenvalue weighted by Gasteiger charge is 2.40. The van der Waals surface area contributed by atoms with Crippen LogP contribution in [0.15, 0.2) is 41.1 Å². The minimum Gasteiger partial charge on any atom is -0.370 e. The third kappa shape index (κ3) is 4.16. The van der Waals surface area contributed by atoms with E-state index in [1.165, 1.54) is 32.1 Å². The van der Waals surface area contributed by atoms with E-state index in [-0.39, 0.29) is 18.9 Å². The van der Waals surface area contributed by atoms with Crippen LogP contribution in [0.5, 0.6) is 0 Å². The van der Waals surface area contributed by atoms with E-state index in [2.05, 4.69) is 48.4 Å². The molecule has 0 N–H and O–H groups in total. The van der Waals surface area contributed by atoms with E-state index < -0.39 is 5.92 Å². The molecule has 2 aliphatic carbocycles. The van der Waals surface area contributed by atoms with Crippen molar-refractivity contribution in [1.29, 1.82) is 0 Å². The Morgan fingerprint density at radius 3 is 2.38 bits per heavy atom. The van der Waals surface area contributed by atoms with Crippen LogP contribution >= 0.6 is 15.9 Å². The van der Waals surface area contributed by atoms with Gasteiger partial charge in [-0.1, -0.05) is 27.6 Å². The molecule has 180 valence electrons. The van der Waals surface area contributed by atoms with Crippen LogP contribution in [-0.2, 0) is 0 Å². The number of hydrogen-bond donors (Lipinski definition) is 0. The van der Waals surface area contributed by atoms with Gasteiger partial charge in [-0.15, -0.1) is 5.10 Å². The van der Waals surface area contributed by atoms with Gasteiger partial charge in [-0.2, -0.15) is 5.10 Å². The summed E-state index contributed by atoms with van der Waals surface area (Å²) in [5, 5.41) is 13.5. The molecule has 0 amide bonds. The third-order valence-electron chi connectivity index (χ3n) is 8.19. The van der Waals surface area contributed by atoms with Crippen LogP contribution in [0.1, 0.15) is 63.8 Å². The first kappa shape index (κ1) is 22.2. The van der Waals surface area contributed by atoms with Crippen molar-refractivity contribution < 1.29 is 8.78 Å². The van der Waals surface area contributed by atoms with Gasteiger partial charge in [0.2, 0.25) is 5.92 Å². The van der Waals surface area contributed by atoms with Crippen LogP contribution in [0.25, 0.3) is 17.1 Å². The Balaban J connectivity index is 1.22. The van der Waals surface area contributed by atoms with Gasteiger partial charge in [-0.25, -0.2) is 13.5 Å². The Labute approximate surface area is 206 Å². The maximum Gasteiger partial charge on any atom is 0.248 e. The zero-order valence-electron chi connectivity index (χ0n) is 19.1. The summed E-state index contributed by atoms with van der Waals surface area (Å²) in [5.74, 6) is -2.54. The summed E-state index contributed by atoms with van der Waals surface area (Å²) in [5.41, 5.74) is 4.15. The predicted octanol–water partition coefficient (Wildman–Crippen LogP) is 6.41. The van der Waals surface area contributed by atoms with E-state index in [0.717, 1.165) is 28.9 Å². The van der Waals surface area contributed by atoms with E-state index in [9.17, 15) is 8.78 Å². The van der Waals surface area contributed by atoms with E-state index in [0.29, 0.717) is 29.6 Å². The summed E-state index contributed by atoms with van der Waals surface area (Å²) in [6.45, 7) is 2.13. The quantitative estimate of drug-likeness (QED) is 0.390. The first-order valence-electron chi connectivity index (χ1n) is 12.3. The fourth-order valence-electron chi connectivity index (χ4n) is 5.81. The summed E-state index contributed by atoms with van der Waals surface area (Å²) in [7, 11) is 0. The number of rotatable bonds is 4. The number of nitrogens with zero attached hydrogens (tertiary/aromatic N) is 6. The number of alkyl halides is 2. The van der Waals surface area contributed by atoms with Crippen molar-refractivity contribution in [3.63, 3.8) is 0 Å². The lowest BCUT2D eigenvalue weighted by atomic mass is 9.63. The monoisotopic (exact) mass is 530 g/mol. The molecule has 3 aromatic rings. The van der Waals surface area contributed by atoms with Crippen LogP contribution in [0.4, 0.5) is 14.5 Å². The van der Waals surface area contributed by atoms with Gasteiger partial charge in [0.05, 0.1) is 23.6 Å². The van der Waals surface area contributed by atoms with Crippen LogP contribution in [0.3, 0.4) is 0 Å². The number of halogens is 3. The average Bonchev–Trinajstić information content (AvgIpc) is 3.48. The van der Waals surface area contributed by atoms with Gasteiger partial charge in [-0.05, 0) is 68.2 Å². The van der Waals surface area contributed by atoms with Crippen LogP contribution in [-0.4, -0.2) is 43.8 Å². The Bertz CT molecular complexity index is 1160. The van der Waals surface area contributed by atoms with Gasteiger partial charge >= 0.3 is 0 Å². The minimum atomic E-state index is -2.54. The molecule has 6 rings (SSSR count). The van der Waals surface area contributed by atoms with Crippen LogP contribution in [0, 0.1) is 5.41 Å². The fourth-order valence-corrected chi connectivity index (χ4v) is 6.16. The molecular weight excluding hydrogens is 502 g/mol. The molecule has 0 unspecified atom stereocenters. The summed E-state index contributed by atoms with van der Waals surface area (Å²) < 4.78 is 31.7. The normalized spacial score (nSPS) is 22.1. The Morgan fingerprint density at radius 2 is 1.68 bits per heavy atom. The highest BCUT2D eigenvalue weighted by Crippen LogP contribution is 2.49. The van der Waals surface area contributed by atoms with Crippen molar-refractivity contribution in [2.45, 2.75) is 69.8 Å². The van der Waals surface area contributed by atoms with Crippen molar-refractivity contribution in [3.05, 3.63) is 41.1 Å². The SMILES string of the molecule is FC1(F)CCC(n2ccc(-c3cn(-c4ccc(Br)cc4N4CCC5(CCC5)CC4)nn3)n2)CC1. The number of anilines is 1. The molecule has 0 atom stereocenters. The zero-order chi connectivity index (χ0) is 23.3. The maximum absolute atomic E-state index is 13.5. The molecule has 6 nitrogen and oxygen atoms in total. The van der Waals surface area contributed by atoms with Gasteiger partial charge in [0.1, 0.15) is 11.4 Å². The summed E-state index contributed by atoms with van der Waals surface area (Å²) in [6, 6.07) is 8.19. The third-order valence-corrected chi connectivity index (χ3v) is 8.68. The summed E-state index contributed by atoms with van der Waals surface area (Å²) in [6.07, 6.45) is 11.2. The topological polar surface area (TPSA) is 51.8 Å². The van der Waals surface area contributed by atoms with Crippen molar-refractivity contribution in [3.8, 4) is 17.1 Å². The Morgan fingerprint density at radius 1 is 0.912 bits per heavy atom. The smallest absolute Gasteiger partial charge is 0.248 e. The standard InChI is InChI=1S/C25H29BrF2N6/c26-18-2-3-22(23(16-18)32-14-11-24(12-15-32)7-1-8-24)34-17-21(29-31-34)20-6-13-33(30-20)19-4-9-25(27,28)10-5-19/h2-3,6,13,16-17,19H,1,4-5,7-12,14-15H2. The highest BCUT2D eigenvalue weighted by atomic mass is 79.9. The summed E-state index contributed by atoms with van der Waals surface area (Å²) >= 11 is 3.64. The first-order valence-corrected chi connectivity index (χ1v) is 13.1. The molecule has 9 heteroatoms. The van der Waals surface area contributed by atoms with Gasteiger partial charge in [-0.3, -0.25) is 4.68 Å². The average molecular weight is 531 g/mol. The second-order valence-electron chi connectivity index (χ2n) is 10.3. The van der Waals surface area contributed by atoms with E-state index in [1.807, 2.05) is 33.9 Å². The molecular formula is C25H29BrF2N6. The lowest BCUT2D eigenvalue weighted by molar-refractivity contribution is -0.0449. The lowest BCUT2D eigenvalue weighted by Gasteiger charge is -2.48. The van der Waals surface area contributed by atoms with Crippen molar-refractivity contribution in [2.75, 3.05) is 18.0 Å². The van der Waals surface area contributed by atoms with Crippen LogP contribution in [0.2, 0.25) is 0 Å². The zero-order valence-corrected chi connectivity index (χ0v) is 20.7. The van der Waals surface area contributed by atoms with Crippen molar-refractivity contribution in [1.82, 2.24) is 24.8 Å². The minimum absolute atomic E-state index is 0.0135. The first-order chi connectivity index (χ1) is 16.4. The molecule has 34 heavy (non-hydrogen) atoms. The molecule has 2 saturated carbocycles. The van der Waals surface area contributed by atoms with Crippen molar-refractivity contribution in [2.24, 2.45) is 5.41 Å². The summed E-state index contributed by atoms with van der Waals surface area (Å²) in [4.78, 5) is 2.47. The van der Waals surface area contributed by atoms with E-state index >= 15 is 0 Å². The predicted molar refractivity (Wildman–Crippen MR) is 130 cm³/mol. The highest BCUT2D eigenvalue weighted by molar-refractivity contribution is 9.10. The lowest BCUT2D eigenvalue weighted by Crippen LogP contribution is -2.43. The number of piperidine rings is 1. The molecule has 1 aliphatic heterocycles. The van der Waals surface area contributed by atoms with Gasteiger partial charge in [0.15, 0.2) is 0 Å². The van der Waals surface area contributed by atoms with Gasteiger partial charge in [0, 0.05) is 36.6 Å².